The molecule has 2 aliphatic heterocycles. The highest BCUT2D eigenvalue weighted by molar-refractivity contribution is 6.07. The van der Waals surface area contributed by atoms with Gasteiger partial charge in [0.2, 0.25) is 5.91 Å². The van der Waals surface area contributed by atoms with Crippen molar-refractivity contribution in [1.82, 2.24) is 20.9 Å². The molecule has 2 fully saturated rings. The molecule has 1 unspecified atom stereocenters. The van der Waals surface area contributed by atoms with Gasteiger partial charge in [-0.1, -0.05) is 6.07 Å². The molecule has 3 rings (SSSR count). The Labute approximate surface area is 162 Å². The van der Waals surface area contributed by atoms with Crippen LogP contribution in [0, 0.1) is 5.92 Å². The minimum atomic E-state index is -0.938. The van der Waals surface area contributed by atoms with Gasteiger partial charge in [0.15, 0.2) is 0 Å². The van der Waals surface area contributed by atoms with E-state index < -0.39 is 11.6 Å². The largest absolute Gasteiger partial charge is 0.497 e. The Balaban J connectivity index is 1.49. The summed E-state index contributed by atoms with van der Waals surface area (Å²) in [5.74, 6) is -0.334. The topological polar surface area (TPSA) is 117 Å². The van der Waals surface area contributed by atoms with E-state index in [1.54, 1.807) is 36.1 Å². The number of ether oxygens (including phenoxy) is 1. The van der Waals surface area contributed by atoms with Gasteiger partial charge >= 0.3 is 6.03 Å². The molecule has 0 spiro atoms. The van der Waals surface area contributed by atoms with Gasteiger partial charge in [-0.05, 0) is 43.9 Å². The minimum Gasteiger partial charge on any atom is -0.497 e. The van der Waals surface area contributed by atoms with E-state index in [0.717, 1.165) is 0 Å². The number of methoxy groups -OCH3 is 1. The van der Waals surface area contributed by atoms with E-state index in [1.807, 2.05) is 0 Å². The van der Waals surface area contributed by atoms with Crippen molar-refractivity contribution >= 4 is 23.8 Å². The normalized spacial score (nSPS) is 22.4. The second-order valence-corrected chi connectivity index (χ2v) is 7.18. The summed E-state index contributed by atoms with van der Waals surface area (Å²) >= 11 is 0. The summed E-state index contributed by atoms with van der Waals surface area (Å²) in [4.78, 5) is 49.8. The zero-order chi connectivity index (χ0) is 20.3. The van der Waals surface area contributed by atoms with Crippen LogP contribution in [0.2, 0.25) is 0 Å². The lowest BCUT2D eigenvalue weighted by Crippen LogP contribution is -2.55. The molecule has 150 valence electrons. The summed E-state index contributed by atoms with van der Waals surface area (Å²) in [5.41, 5.74) is -0.519. The number of urea groups is 1. The number of imide groups is 1. The van der Waals surface area contributed by atoms with Crippen LogP contribution in [0.5, 0.6) is 5.75 Å². The number of nitrogens with one attached hydrogen (secondary N) is 3. The van der Waals surface area contributed by atoms with Crippen molar-refractivity contribution in [3.63, 3.8) is 0 Å². The monoisotopic (exact) mass is 388 g/mol. The lowest BCUT2D eigenvalue weighted by Gasteiger charge is -2.38. The molecule has 28 heavy (non-hydrogen) atoms. The van der Waals surface area contributed by atoms with Gasteiger partial charge in [0.05, 0.1) is 13.7 Å². The van der Waals surface area contributed by atoms with Gasteiger partial charge in [-0.15, -0.1) is 0 Å². The Kier molecular flexibility index (Phi) is 5.53. The third-order valence-electron chi connectivity index (χ3n) is 5.47. The van der Waals surface area contributed by atoms with Crippen LogP contribution in [0.4, 0.5) is 4.79 Å². The maximum absolute atomic E-state index is 12.4. The van der Waals surface area contributed by atoms with Crippen molar-refractivity contribution in [1.29, 1.82) is 0 Å². The van der Waals surface area contributed by atoms with Crippen LogP contribution in [-0.2, 0) is 9.59 Å². The van der Waals surface area contributed by atoms with Crippen LogP contribution < -0.4 is 20.7 Å². The molecule has 0 aliphatic carbocycles. The van der Waals surface area contributed by atoms with Gasteiger partial charge in [-0.2, -0.15) is 0 Å². The van der Waals surface area contributed by atoms with Crippen LogP contribution in [-0.4, -0.2) is 60.9 Å². The predicted octanol–water partition coefficient (Wildman–Crippen LogP) is 0.262. The summed E-state index contributed by atoms with van der Waals surface area (Å²) in [6.45, 7) is 2.55. The molecule has 1 atom stereocenters. The number of carbonyl (C=O) groups is 4. The van der Waals surface area contributed by atoms with E-state index in [2.05, 4.69) is 16.0 Å². The average molecular weight is 388 g/mol. The highest BCUT2D eigenvalue weighted by atomic mass is 16.5. The molecule has 0 saturated carbocycles. The van der Waals surface area contributed by atoms with Gasteiger partial charge in [0.25, 0.3) is 11.8 Å². The summed E-state index contributed by atoms with van der Waals surface area (Å²) in [6, 6.07) is 6.22. The zero-order valence-corrected chi connectivity index (χ0v) is 15.9. The van der Waals surface area contributed by atoms with Crippen LogP contribution in [0.1, 0.15) is 30.1 Å². The summed E-state index contributed by atoms with van der Waals surface area (Å²) in [7, 11) is 1.52. The molecule has 1 aromatic rings. The second kappa shape index (κ2) is 7.87. The van der Waals surface area contributed by atoms with Gasteiger partial charge in [-0.3, -0.25) is 19.7 Å². The van der Waals surface area contributed by atoms with Crippen molar-refractivity contribution < 1.29 is 23.9 Å². The second-order valence-electron chi connectivity index (χ2n) is 7.18. The molecule has 2 aliphatic rings. The third kappa shape index (κ3) is 3.92. The Morgan fingerprint density at radius 2 is 2.00 bits per heavy atom. The molecular formula is C19H24N4O5. The molecule has 3 N–H and O–H groups in total. The fourth-order valence-corrected chi connectivity index (χ4v) is 3.68. The van der Waals surface area contributed by atoms with Gasteiger partial charge in [0, 0.05) is 18.7 Å². The maximum Gasteiger partial charge on any atom is 0.322 e. The van der Waals surface area contributed by atoms with Crippen molar-refractivity contribution in [3.8, 4) is 5.75 Å². The van der Waals surface area contributed by atoms with E-state index in [1.165, 1.54) is 7.11 Å². The van der Waals surface area contributed by atoms with E-state index in [-0.39, 0.29) is 30.2 Å². The number of benzene rings is 1. The van der Waals surface area contributed by atoms with E-state index in [9.17, 15) is 19.2 Å². The van der Waals surface area contributed by atoms with Crippen LogP contribution >= 0.6 is 0 Å². The lowest BCUT2D eigenvalue weighted by molar-refractivity contribution is -0.132. The smallest absolute Gasteiger partial charge is 0.322 e. The average Bonchev–Trinajstić information content (AvgIpc) is 2.98. The quantitative estimate of drug-likeness (QED) is 0.626. The number of likely N-dealkylation sites (tertiary alicyclic amines) is 1. The van der Waals surface area contributed by atoms with Crippen molar-refractivity contribution in [2.24, 2.45) is 5.92 Å². The highest BCUT2D eigenvalue weighted by Crippen LogP contribution is 2.30. The van der Waals surface area contributed by atoms with Gasteiger partial charge < -0.3 is 20.3 Å². The molecule has 0 bridgehead atoms. The number of hydrogen-bond donors (Lipinski definition) is 3. The van der Waals surface area contributed by atoms with E-state index in [4.69, 9.17) is 4.74 Å². The molecule has 0 aromatic heterocycles. The standard InChI is InChI=1S/C19H24N4O5/c1-19(17(26)21-18(27)22-19)13-6-8-23(9-7-13)15(24)11-20-16(25)12-4-3-5-14(10-12)28-2/h3-5,10,13H,6-9,11H2,1-2H3,(H,20,25)(H2,21,22,26,27). The van der Waals surface area contributed by atoms with Crippen LogP contribution in [0.15, 0.2) is 24.3 Å². The number of carbonyl (C=O) groups excluding carboxylic acids is 4. The molecule has 2 saturated heterocycles. The maximum atomic E-state index is 12.4. The van der Waals surface area contributed by atoms with E-state index >= 15 is 0 Å². The van der Waals surface area contributed by atoms with Crippen molar-refractivity contribution in [3.05, 3.63) is 29.8 Å². The van der Waals surface area contributed by atoms with Gasteiger partial charge in [0.1, 0.15) is 11.3 Å². The zero-order valence-electron chi connectivity index (χ0n) is 15.9. The summed E-state index contributed by atoms with van der Waals surface area (Å²) in [5, 5.41) is 7.59. The van der Waals surface area contributed by atoms with E-state index in [0.29, 0.717) is 37.2 Å². The Hall–Kier alpha value is -3.10. The third-order valence-corrected chi connectivity index (χ3v) is 5.47. The van der Waals surface area contributed by atoms with Crippen molar-refractivity contribution in [2.75, 3.05) is 26.7 Å². The first-order chi connectivity index (χ1) is 13.3. The number of rotatable bonds is 5. The molecule has 9 nitrogen and oxygen atoms in total. The number of nitrogens with zero attached hydrogens (tertiary/aromatic N) is 1. The first-order valence-corrected chi connectivity index (χ1v) is 9.17. The SMILES string of the molecule is COc1cccc(C(=O)NCC(=O)N2CCC(C3(C)NC(=O)NC3=O)CC2)c1. The fraction of sp³-hybridized carbons (Fsp3) is 0.474. The van der Waals surface area contributed by atoms with Crippen LogP contribution in [0.25, 0.3) is 0 Å². The number of hydrogen-bond acceptors (Lipinski definition) is 5. The Morgan fingerprint density at radius 3 is 2.61 bits per heavy atom. The Bertz CT molecular complexity index is 803. The molecule has 2 heterocycles. The first-order valence-electron chi connectivity index (χ1n) is 9.17. The van der Waals surface area contributed by atoms with Gasteiger partial charge in [-0.25, -0.2) is 4.79 Å². The fourth-order valence-electron chi connectivity index (χ4n) is 3.68. The molecule has 0 radical (unpaired) electrons. The molecule has 9 heteroatoms. The Morgan fingerprint density at radius 1 is 1.29 bits per heavy atom. The summed E-state index contributed by atoms with van der Waals surface area (Å²) in [6.07, 6.45) is 1.19. The van der Waals surface area contributed by atoms with Crippen LogP contribution in [0.3, 0.4) is 0 Å². The molecular weight excluding hydrogens is 364 g/mol. The number of piperidine rings is 1. The number of amides is 5. The highest BCUT2D eigenvalue weighted by Gasteiger charge is 2.48. The molecule has 5 amide bonds. The molecule has 1 aromatic carbocycles. The summed E-state index contributed by atoms with van der Waals surface area (Å²) < 4.78 is 5.09. The minimum absolute atomic E-state index is 0.0469. The first kappa shape index (κ1) is 19.7. The predicted molar refractivity (Wildman–Crippen MR) is 99.7 cm³/mol. The lowest BCUT2D eigenvalue weighted by atomic mass is 9.79. The van der Waals surface area contributed by atoms with Crippen molar-refractivity contribution in [2.45, 2.75) is 25.3 Å².